The number of nitrogens with one attached hydrogen (secondary N) is 2. The van der Waals surface area contributed by atoms with Crippen LogP contribution in [0.5, 0.6) is 11.5 Å². The number of benzene rings is 4. The lowest BCUT2D eigenvalue weighted by atomic mass is 10.1. The van der Waals surface area contributed by atoms with Crippen molar-refractivity contribution >= 4 is 23.0 Å². The topological polar surface area (TPSA) is 85.2 Å². The Hall–Kier alpha value is -5.31. The maximum absolute atomic E-state index is 13.6. The first kappa shape index (κ1) is 25.3. The van der Waals surface area contributed by atoms with Crippen molar-refractivity contribution in [1.29, 1.82) is 0 Å². The van der Waals surface area contributed by atoms with E-state index in [1.807, 2.05) is 19.1 Å². The standard InChI is InChI=1S/C30H22F2N4O3/c1-19-5-15-26(16-6-19)39-27-18-33-36(25-13-9-22(32)10-14-25)30(38)28(27)34-24-4-2-3-20(17-24)29(37)35-23-11-7-21(31)8-12-23/h2-18,34H,1H3,(H,35,37). The summed E-state index contributed by atoms with van der Waals surface area (Å²) in [6.45, 7) is 1.95. The molecule has 0 atom stereocenters. The highest BCUT2D eigenvalue weighted by atomic mass is 19.1. The molecule has 1 amide bonds. The summed E-state index contributed by atoms with van der Waals surface area (Å²) in [7, 11) is 0. The molecule has 194 valence electrons. The van der Waals surface area contributed by atoms with Crippen molar-refractivity contribution in [2.24, 2.45) is 0 Å². The van der Waals surface area contributed by atoms with Gasteiger partial charge in [-0.2, -0.15) is 9.78 Å². The van der Waals surface area contributed by atoms with Crippen LogP contribution in [-0.2, 0) is 0 Å². The number of halogens is 2. The first-order chi connectivity index (χ1) is 18.9. The van der Waals surface area contributed by atoms with Crippen LogP contribution >= 0.6 is 0 Å². The number of hydrogen-bond acceptors (Lipinski definition) is 5. The lowest BCUT2D eigenvalue weighted by Gasteiger charge is -2.15. The fourth-order valence-electron chi connectivity index (χ4n) is 3.75. The van der Waals surface area contributed by atoms with Crippen LogP contribution in [0.4, 0.5) is 25.8 Å². The number of carbonyl (C=O) groups is 1. The number of ether oxygens (including phenoxy) is 1. The van der Waals surface area contributed by atoms with Crippen LogP contribution in [0, 0.1) is 18.6 Å². The van der Waals surface area contributed by atoms with E-state index in [0.29, 0.717) is 28.4 Å². The Morgan fingerprint density at radius 3 is 2.21 bits per heavy atom. The van der Waals surface area contributed by atoms with E-state index in [1.165, 1.54) is 54.7 Å². The quantitative estimate of drug-likeness (QED) is 0.250. The molecule has 5 aromatic rings. The number of aromatic nitrogens is 2. The van der Waals surface area contributed by atoms with Gasteiger partial charge in [0.05, 0.1) is 11.9 Å². The SMILES string of the molecule is Cc1ccc(Oc2cnn(-c3ccc(F)cc3)c(=O)c2Nc2cccc(C(=O)Nc3ccc(F)cc3)c2)cc1. The molecular weight excluding hydrogens is 502 g/mol. The van der Waals surface area contributed by atoms with E-state index < -0.39 is 23.1 Å². The predicted octanol–water partition coefficient (Wildman–Crippen LogP) is 6.61. The van der Waals surface area contributed by atoms with Crippen LogP contribution in [0.2, 0.25) is 0 Å². The fraction of sp³-hybridized carbons (Fsp3) is 0.0333. The molecule has 0 aliphatic carbocycles. The van der Waals surface area contributed by atoms with Gasteiger partial charge >= 0.3 is 0 Å². The van der Waals surface area contributed by atoms with Crippen LogP contribution < -0.4 is 20.9 Å². The van der Waals surface area contributed by atoms with Crippen molar-refractivity contribution in [2.75, 3.05) is 10.6 Å². The van der Waals surface area contributed by atoms with Gasteiger partial charge in [-0.15, -0.1) is 0 Å². The van der Waals surface area contributed by atoms with Gasteiger partial charge < -0.3 is 15.4 Å². The minimum Gasteiger partial charge on any atom is -0.453 e. The summed E-state index contributed by atoms with van der Waals surface area (Å²) in [6, 6.07) is 24.6. The summed E-state index contributed by atoms with van der Waals surface area (Å²) in [5, 5.41) is 9.98. The number of hydrogen-bond donors (Lipinski definition) is 2. The predicted molar refractivity (Wildman–Crippen MR) is 145 cm³/mol. The Balaban J connectivity index is 1.49. The van der Waals surface area contributed by atoms with Crippen molar-refractivity contribution in [2.45, 2.75) is 6.92 Å². The highest BCUT2D eigenvalue weighted by Gasteiger charge is 2.16. The maximum Gasteiger partial charge on any atom is 0.299 e. The third-order valence-corrected chi connectivity index (χ3v) is 5.76. The third kappa shape index (κ3) is 5.99. The molecule has 0 bridgehead atoms. The number of nitrogens with zero attached hydrogens (tertiary/aromatic N) is 2. The number of aryl methyl sites for hydroxylation is 1. The minimum absolute atomic E-state index is 0.0611. The molecule has 0 unspecified atom stereocenters. The first-order valence-electron chi connectivity index (χ1n) is 11.9. The van der Waals surface area contributed by atoms with Gasteiger partial charge in [-0.05, 0) is 85.8 Å². The van der Waals surface area contributed by atoms with E-state index in [1.54, 1.807) is 36.4 Å². The lowest BCUT2D eigenvalue weighted by molar-refractivity contribution is 0.102. The average Bonchev–Trinajstić information content (AvgIpc) is 2.94. The summed E-state index contributed by atoms with van der Waals surface area (Å²) >= 11 is 0. The molecule has 0 spiro atoms. The number of rotatable bonds is 7. The number of carbonyl (C=O) groups excluding carboxylic acids is 1. The molecule has 0 radical (unpaired) electrons. The Morgan fingerprint density at radius 2 is 1.51 bits per heavy atom. The molecule has 2 N–H and O–H groups in total. The minimum atomic E-state index is -0.549. The second-order valence-corrected chi connectivity index (χ2v) is 8.66. The molecule has 1 aromatic heterocycles. The van der Waals surface area contributed by atoms with Crippen LogP contribution in [0.3, 0.4) is 0 Å². The number of amides is 1. The normalized spacial score (nSPS) is 10.6. The molecule has 9 heteroatoms. The van der Waals surface area contributed by atoms with Gasteiger partial charge in [0.15, 0.2) is 11.4 Å². The lowest BCUT2D eigenvalue weighted by Crippen LogP contribution is -2.24. The summed E-state index contributed by atoms with van der Waals surface area (Å²) in [6.07, 6.45) is 1.39. The van der Waals surface area contributed by atoms with Gasteiger partial charge in [0.1, 0.15) is 17.4 Å². The second-order valence-electron chi connectivity index (χ2n) is 8.66. The fourth-order valence-corrected chi connectivity index (χ4v) is 3.75. The molecule has 0 aliphatic heterocycles. The third-order valence-electron chi connectivity index (χ3n) is 5.76. The second kappa shape index (κ2) is 11.0. The Bertz CT molecular complexity index is 1680. The first-order valence-corrected chi connectivity index (χ1v) is 11.9. The molecule has 7 nitrogen and oxygen atoms in total. The molecular formula is C30H22F2N4O3. The zero-order valence-electron chi connectivity index (χ0n) is 20.7. The molecule has 0 saturated heterocycles. The van der Waals surface area contributed by atoms with E-state index in [-0.39, 0.29) is 11.4 Å². The van der Waals surface area contributed by atoms with E-state index in [0.717, 1.165) is 10.2 Å². The van der Waals surface area contributed by atoms with Crippen molar-refractivity contribution in [3.05, 3.63) is 136 Å². The largest absolute Gasteiger partial charge is 0.453 e. The maximum atomic E-state index is 13.6. The van der Waals surface area contributed by atoms with Crippen LogP contribution in [-0.4, -0.2) is 15.7 Å². The van der Waals surface area contributed by atoms with Crippen molar-refractivity contribution < 1.29 is 18.3 Å². The van der Waals surface area contributed by atoms with Crippen molar-refractivity contribution in [1.82, 2.24) is 9.78 Å². The van der Waals surface area contributed by atoms with Gasteiger partial charge in [0, 0.05) is 16.9 Å². The molecule has 0 aliphatic rings. The van der Waals surface area contributed by atoms with Gasteiger partial charge in [-0.3, -0.25) is 9.59 Å². The Morgan fingerprint density at radius 1 is 0.846 bits per heavy atom. The molecule has 39 heavy (non-hydrogen) atoms. The summed E-state index contributed by atoms with van der Waals surface area (Å²) in [4.78, 5) is 26.4. The van der Waals surface area contributed by atoms with Crippen LogP contribution in [0.1, 0.15) is 15.9 Å². The highest BCUT2D eigenvalue weighted by Crippen LogP contribution is 2.29. The smallest absolute Gasteiger partial charge is 0.299 e. The number of anilines is 3. The molecule has 5 rings (SSSR count). The van der Waals surface area contributed by atoms with Crippen molar-refractivity contribution in [3.8, 4) is 17.2 Å². The van der Waals surface area contributed by atoms with Crippen LogP contribution in [0.25, 0.3) is 5.69 Å². The average molecular weight is 525 g/mol. The molecule has 0 saturated carbocycles. The Labute approximate surface area is 222 Å². The summed E-state index contributed by atoms with van der Waals surface area (Å²) in [5.74, 6) is -0.619. The van der Waals surface area contributed by atoms with Gasteiger partial charge in [0.2, 0.25) is 0 Å². The molecule has 1 heterocycles. The molecule has 0 fully saturated rings. The zero-order chi connectivity index (χ0) is 27.4. The summed E-state index contributed by atoms with van der Waals surface area (Å²) < 4.78 is 33.8. The van der Waals surface area contributed by atoms with Gasteiger partial charge in [-0.25, -0.2) is 8.78 Å². The van der Waals surface area contributed by atoms with E-state index in [2.05, 4.69) is 15.7 Å². The van der Waals surface area contributed by atoms with E-state index in [4.69, 9.17) is 4.74 Å². The van der Waals surface area contributed by atoms with Gasteiger partial charge in [0.25, 0.3) is 11.5 Å². The molecule has 4 aromatic carbocycles. The monoisotopic (exact) mass is 524 g/mol. The van der Waals surface area contributed by atoms with Crippen molar-refractivity contribution in [3.63, 3.8) is 0 Å². The highest BCUT2D eigenvalue weighted by molar-refractivity contribution is 6.04. The van der Waals surface area contributed by atoms with E-state index in [9.17, 15) is 18.4 Å². The van der Waals surface area contributed by atoms with Gasteiger partial charge in [-0.1, -0.05) is 23.8 Å². The summed E-state index contributed by atoms with van der Waals surface area (Å²) in [5.41, 5.74) is 2.09. The Kier molecular flexibility index (Phi) is 7.13. The van der Waals surface area contributed by atoms with E-state index >= 15 is 0 Å². The van der Waals surface area contributed by atoms with Crippen LogP contribution in [0.15, 0.2) is 108 Å². The zero-order valence-corrected chi connectivity index (χ0v) is 20.7.